The van der Waals surface area contributed by atoms with Crippen molar-refractivity contribution in [2.75, 3.05) is 20.1 Å². The molecule has 5 heteroatoms. The highest BCUT2D eigenvalue weighted by Crippen LogP contribution is 2.24. The lowest BCUT2D eigenvalue weighted by Crippen LogP contribution is -2.51. The van der Waals surface area contributed by atoms with Crippen LogP contribution in [0.2, 0.25) is 0 Å². The van der Waals surface area contributed by atoms with E-state index in [1.807, 2.05) is 6.07 Å². The molecule has 2 fully saturated rings. The van der Waals surface area contributed by atoms with Crippen molar-refractivity contribution < 1.29 is 14.6 Å². The van der Waals surface area contributed by atoms with Crippen LogP contribution in [-0.2, 0) is 16.0 Å². The van der Waals surface area contributed by atoms with Gasteiger partial charge in [-0.25, -0.2) is 0 Å². The Labute approximate surface area is 169 Å². The number of benzene rings is 1. The molecule has 1 saturated heterocycles. The molecule has 1 aliphatic heterocycles. The average molecular weight is 389 g/mol. The summed E-state index contributed by atoms with van der Waals surface area (Å²) in [5, 5.41) is 13.4. The minimum absolute atomic E-state index is 0.0460. The fourth-order valence-corrected chi connectivity index (χ4v) is 4.29. The quantitative estimate of drug-likeness (QED) is 0.719. The normalized spacial score (nSPS) is 26.3. The highest BCUT2D eigenvalue weighted by molar-refractivity contribution is 5.81. The van der Waals surface area contributed by atoms with Gasteiger partial charge in [0.15, 0.2) is 6.10 Å². The van der Waals surface area contributed by atoms with Crippen LogP contribution < -0.4 is 5.32 Å². The van der Waals surface area contributed by atoms with Gasteiger partial charge in [0.1, 0.15) is 0 Å². The number of carbonyl (C=O) groups is 1. The zero-order valence-corrected chi connectivity index (χ0v) is 17.2. The number of nitrogens with zero attached hydrogens (tertiary/aromatic N) is 1. The van der Waals surface area contributed by atoms with Crippen LogP contribution in [-0.4, -0.2) is 60.4 Å². The maximum atomic E-state index is 12.6. The third-order valence-electron chi connectivity index (χ3n) is 6.14. The summed E-state index contributed by atoms with van der Waals surface area (Å²) in [6, 6.07) is 10.8. The topological polar surface area (TPSA) is 61.8 Å². The number of hydrogen-bond acceptors (Lipinski definition) is 4. The lowest BCUT2D eigenvalue weighted by molar-refractivity contribution is -0.159. The third-order valence-corrected chi connectivity index (χ3v) is 6.14. The van der Waals surface area contributed by atoms with Crippen LogP contribution >= 0.6 is 0 Å². The lowest BCUT2D eigenvalue weighted by atomic mass is 9.94. The second kappa shape index (κ2) is 10.9. The van der Waals surface area contributed by atoms with E-state index in [2.05, 4.69) is 41.5 Å². The number of rotatable bonds is 8. The van der Waals surface area contributed by atoms with Crippen LogP contribution in [0.15, 0.2) is 30.3 Å². The second-order valence-corrected chi connectivity index (χ2v) is 8.49. The van der Waals surface area contributed by atoms with E-state index >= 15 is 0 Å². The van der Waals surface area contributed by atoms with E-state index in [0.717, 1.165) is 45.2 Å². The Morgan fingerprint density at radius 2 is 1.86 bits per heavy atom. The molecule has 0 radical (unpaired) electrons. The van der Waals surface area contributed by atoms with Gasteiger partial charge < -0.3 is 20.1 Å². The highest BCUT2D eigenvalue weighted by atomic mass is 16.5. The molecular weight excluding hydrogens is 352 g/mol. The molecule has 3 atom stereocenters. The van der Waals surface area contributed by atoms with E-state index in [1.54, 1.807) is 0 Å². The van der Waals surface area contributed by atoms with Gasteiger partial charge in [-0.05, 0) is 51.1 Å². The molecule has 5 nitrogen and oxygen atoms in total. The zero-order valence-electron chi connectivity index (χ0n) is 17.2. The van der Waals surface area contributed by atoms with Gasteiger partial charge in [0, 0.05) is 19.1 Å². The van der Waals surface area contributed by atoms with E-state index < -0.39 is 12.2 Å². The van der Waals surface area contributed by atoms with Crippen LogP contribution in [0.25, 0.3) is 0 Å². The standard InChI is InChI=1S/C23H36N2O3/c1-25(16-14-18-8-4-2-5-9-18)17-15-20-12-13-21(26)22(28-20)23(27)24-19-10-6-3-7-11-19/h2,4-5,8-9,19-22,26H,3,6-7,10-17H2,1H3,(H,24,27)/t20-,21+,22+/m1/s1. The van der Waals surface area contributed by atoms with Crippen molar-refractivity contribution in [3.63, 3.8) is 0 Å². The van der Waals surface area contributed by atoms with Crippen LogP contribution in [0.4, 0.5) is 0 Å². The predicted molar refractivity (Wildman–Crippen MR) is 111 cm³/mol. The number of aliphatic hydroxyl groups excluding tert-OH is 1. The van der Waals surface area contributed by atoms with Gasteiger partial charge in [-0.2, -0.15) is 0 Å². The van der Waals surface area contributed by atoms with Crippen LogP contribution in [0.5, 0.6) is 0 Å². The van der Waals surface area contributed by atoms with Crippen molar-refractivity contribution in [2.24, 2.45) is 0 Å². The summed E-state index contributed by atoms with van der Waals surface area (Å²) in [7, 11) is 2.13. The fourth-order valence-electron chi connectivity index (χ4n) is 4.29. The summed E-state index contributed by atoms with van der Waals surface area (Å²) < 4.78 is 6.03. The minimum atomic E-state index is -0.713. The van der Waals surface area contributed by atoms with Gasteiger partial charge >= 0.3 is 0 Å². The highest BCUT2D eigenvalue weighted by Gasteiger charge is 2.35. The summed E-state index contributed by atoms with van der Waals surface area (Å²) in [4.78, 5) is 14.9. The second-order valence-electron chi connectivity index (χ2n) is 8.49. The number of hydrogen-bond donors (Lipinski definition) is 2. The maximum absolute atomic E-state index is 12.6. The first kappa shape index (κ1) is 21.3. The van der Waals surface area contributed by atoms with E-state index in [1.165, 1.54) is 24.8 Å². The molecule has 0 aromatic heterocycles. The van der Waals surface area contributed by atoms with Gasteiger partial charge in [-0.15, -0.1) is 0 Å². The summed E-state index contributed by atoms with van der Waals surface area (Å²) in [6.45, 7) is 1.94. The SMILES string of the molecule is CN(CCc1ccccc1)CC[C@H]1CC[C@H](O)[C@@H](C(=O)NC2CCCCC2)O1. The van der Waals surface area contributed by atoms with Crippen LogP contribution in [0.1, 0.15) is 56.9 Å². The van der Waals surface area contributed by atoms with Crippen LogP contribution in [0.3, 0.4) is 0 Å². The smallest absolute Gasteiger partial charge is 0.252 e. The zero-order chi connectivity index (χ0) is 19.8. The molecule has 1 aromatic carbocycles. The van der Waals surface area contributed by atoms with E-state index in [-0.39, 0.29) is 18.1 Å². The van der Waals surface area contributed by atoms with Gasteiger partial charge in [-0.3, -0.25) is 4.79 Å². The molecule has 28 heavy (non-hydrogen) atoms. The van der Waals surface area contributed by atoms with Gasteiger partial charge in [-0.1, -0.05) is 49.6 Å². The lowest BCUT2D eigenvalue weighted by Gasteiger charge is -2.35. The molecule has 1 aromatic rings. The monoisotopic (exact) mass is 388 g/mol. The fraction of sp³-hybridized carbons (Fsp3) is 0.696. The number of likely N-dealkylation sites (N-methyl/N-ethyl adjacent to an activating group) is 1. The molecule has 1 heterocycles. The Balaban J connectivity index is 1.40. The molecular formula is C23H36N2O3. The summed E-state index contributed by atoms with van der Waals surface area (Å²) in [5.41, 5.74) is 1.35. The summed E-state index contributed by atoms with van der Waals surface area (Å²) >= 11 is 0. The molecule has 156 valence electrons. The van der Waals surface area contributed by atoms with Crippen molar-refractivity contribution in [3.8, 4) is 0 Å². The van der Waals surface area contributed by atoms with E-state index in [0.29, 0.717) is 6.42 Å². The average Bonchev–Trinajstić information content (AvgIpc) is 2.73. The molecule has 2 N–H and O–H groups in total. The molecule has 0 bridgehead atoms. The van der Waals surface area contributed by atoms with Crippen LogP contribution in [0, 0.1) is 0 Å². The van der Waals surface area contributed by atoms with E-state index in [4.69, 9.17) is 4.74 Å². The van der Waals surface area contributed by atoms with Crippen molar-refractivity contribution in [1.29, 1.82) is 0 Å². The largest absolute Gasteiger partial charge is 0.390 e. The first-order chi connectivity index (χ1) is 13.6. The number of amides is 1. The number of ether oxygens (including phenoxy) is 1. The Morgan fingerprint density at radius 3 is 2.61 bits per heavy atom. The number of aliphatic hydroxyl groups is 1. The first-order valence-electron chi connectivity index (χ1n) is 11.0. The number of nitrogens with one attached hydrogen (secondary N) is 1. The molecule has 0 spiro atoms. The van der Waals surface area contributed by atoms with Crippen molar-refractivity contribution >= 4 is 5.91 Å². The first-order valence-corrected chi connectivity index (χ1v) is 11.0. The molecule has 3 rings (SSSR count). The predicted octanol–water partition coefficient (Wildman–Crippen LogP) is 2.91. The Bertz CT molecular complexity index is 589. The van der Waals surface area contributed by atoms with Gasteiger partial charge in [0.2, 0.25) is 0 Å². The molecule has 1 saturated carbocycles. The Morgan fingerprint density at radius 1 is 1.11 bits per heavy atom. The van der Waals surface area contributed by atoms with Crippen molar-refractivity contribution in [1.82, 2.24) is 10.2 Å². The molecule has 1 amide bonds. The number of carbonyl (C=O) groups excluding carboxylic acids is 1. The van der Waals surface area contributed by atoms with E-state index in [9.17, 15) is 9.90 Å². The molecule has 1 aliphatic carbocycles. The molecule has 0 unspecified atom stereocenters. The van der Waals surface area contributed by atoms with Crippen molar-refractivity contribution in [3.05, 3.63) is 35.9 Å². The molecule has 2 aliphatic rings. The van der Waals surface area contributed by atoms with Gasteiger partial charge in [0.05, 0.1) is 12.2 Å². The van der Waals surface area contributed by atoms with Gasteiger partial charge in [0.25, 0.3) is 5.91 Å². The third kappa shape index (κ3) is 6.57. The minimum Gasteiger partial charge on any atom is -0.390 e. The Hall–Kier alpha value is -1.43. The Kier molecular flexibility index (Phi) is 8.31. The summed E-state index contributed by atoms with van der Waals surface area (Å²) in [6.07, 6.45) is 7.74. The maximum Gasteiger partial charge on any atom is 0.252 e. The van der Waals surface area contributed by atoms with Crippen molar-refractivity contribution in [2.45, 2.75) is 82.1 Å². The summed E-state index contributed by atoms with van der Waals surface area (Å²) in [5.74, 6) is -0.124.